The Labute approximate surface area is 215 Å². The number of hydrogen-bond acceptors (Lipinski definition) is 3. The first-order valence-electron chi connectivity index (χ1n) is 11.4. The summed E-state index contributed by atoms with van der Waals surface area (Å²) in [6.07, 6.45) is -9.75. The third kappa shape index (κ3) is 4.21. The van der Waals surface area contributed by atoms with Crippen LogP contribution in [-0.4, -0.2) is 18.4 Å². The lowest BCUT2D eigenvalue weighted by atomic mass is 9.92. The molecule has 0 saturated heterocycles. The van der Waals surface area contributed by atoms with Gasteiger partial charge in [0.2, 0.25) is 0 Å². The van der Waals surface area contributed by atoms with Crippen LogP contribution in [0.25, 0.3) is 33.1 Å². The molecule has 0 amide bonds. The first kappa shape index (κ1) is 24.7. The van der Waals surface area contributed by atoms with Crippen LogP contribution in [0.15, 0.2) is 78.9 Å². The van der Waals surface area contributed by atoms with Crippen molar-refractivity contribution in [1.82, 2.24) is 0 Å². The van der Waals surface area contributed by atoms with Gasteiger partial charge in [-0.05, 0) is 52.6 Å². The van der Waals surface area contributed by atoms with Crippen LogP contribution in [0.2, 0.25) is 0 Å². The maximum atomic E-state index is 14.7. The van der Waals surface area contributed by atoms with Gasteiger partial charge in [0.1, 0.15) is 17.3 Å². The zero-order chi connectivity index (χ0) is 27.7. The molecule has 2 aliphatic carbocycles. The lowest BCUT2D eigenvalue weighted by molar-refractivity contribution is -0.275. The van der Waals surface area contributed by atoms with E-state index < -0.39 is 30.0 Å². The van der Waals surface area contributed by atoms with E-state index >= 15 is 0 Å². The molecule has 0 fully saturated rings. The average Bonchev–Trinajstić information content (AvgIpc) is 3.33. The van der Waals surface area contributed by atoms with Gasteiger partial charge in [-0.1, -0.05) is 48.5 Å². The molecule has 2 aliphatic rings. The third-order valence-electron chi connectivity index (χ3n) is 6.53. The lowest BCUT2D eigenvalue weighted by Gasteiger charge is -2.14. The van der Waals surface area contributed by atoms with Crippen molar-refractivity contribution < 1.29 is 40.2 Å². The number of benzene rings is 4. The van der Waals surface area contributed by atoms with Gasteiger partial charge in [-0.2, -0.15) is 0 Å². The monoisotopic (exact) mass is 541 g/mol. The van der Waals surface area contributed by atoms with Crippen LogP contribution in [0.3, 0.4) is 0 Å². The van der Waals surface area contributed by atoms with Crippen molar-refractivity contribution in [3.63, 3.8) is 0 Å². The minimum absolute atomic E-state index is 0.0148. The molecule has 0 spiro atoms. The van der Waals surface area contributed by atoms with Crippen molar-refractivity contribution in [3.8, 4) is 11.5 Å². The van der Waals surface area contributed by atoms with Crippen LogP contribution in [-0.2, 0) is 0 Å². The maximum absolute atomic E-state index is 14.7. The molecular formula is C29H14F7NO2. The Hall–Kier alpha value is -4.60. The summed E-state index contributed by atoms with van der Waals surface area (Å²) in [5.41, 5.74) is 4.07. The topological polar surface area (TPSA) is 42.3 Å². The molecule has 196 valence electrons. The van der Waals surface area contributed by atoms with E-state index in [0.29, 0.717) is 55.3 Å². The van der Waals surface area contributed by atoms with Crippen LogP contribution in [0.4, 0.5) is 30.7 Å². The van der Waals surface area contributed by atoms with Crippen LogP contribution in [0.1, 0.15) is 22.3 Å². The summed E-state index contributed by atoms with van der Waals surface area (Å²) in [7, 11) is 0. The van der Waals surface area contributed by atoms with E-state index in [1.54, 1.807) is 24.3 Å². The Morgan fingerprint density at radius 1 is 0.538 bits per heavy atom. The highest BCUT2D eigenvalue weighted by Crippen LogP contribution is 2.57. The fourth-order valence-corrected chi connectivity index (χ4v) is 5.18. The highest BCUT2D eigenvalue weighted by molar-refractivity contribution is 6.62. The van der Waals surface area contributed by atoms with E-state index in [1.165, 1.54) is 30.3 Å². The Balaban J connectivity index is 1.54. The molecule has 0 heterocycles. The molecule has 39 heavy (non-hydrogen) atoms. The fourth-order valence-electron chi connectivity index (χ4n) is 5.18. The second kappa shape index (κ2) is 8.45. The molecule has 4 aromatic rings. The maximum Gasteiger partial charge on any atom is 0.573 e. The zero-order valence-electron chi connectivity index (χ0n) is 19.5. The number of halogens is 7. The Morgan fingerprint density at radius 2 is 1.00 bits per heavy atom. The van der Waals surface area contributed by atoms with E-state index in [2.05, 4.69) is 9.47 Å². The summed E-state index contributed by atoms with van der Waals surface area (Å²) in [4.78, 5) is 0. The number of allylic oxidation sites excluding steroid dienone is 4. The number of ether oxygens (including phenoxy) is 2. The highest BCUT2D eigenvalue weighted by Gasteiger charge is 2.39. The van der Waals surface area contributed by atoms with Crippen molar-refractivity contribution in [1.29, 1.82) is 5.41 Å². The molecule has 0 aromatic heterocycles. The van der Waals surface area contributed by atoms with E-state index in [4.69, 9.17) is 5.41 Å². The van der Waals surface area contributed by atoms with Gasteiger partial charge in [0.25, 0.3) is 0 Å². The van der Waals surface area contributed by atoms with Gasteiger partial charge >= 0.3 is 12.7 Å². The van der Waals surface area contributed by atoms with Crippen molar-refractivity contribution >= 4 is 38.8 Å². The Kier molecular flexibility index (Phi) is 5.36. The van der Waals surface area contributed by atoms with Gasteiger partial charge in [-0.25, -0.2) is 4.39 Å². The fraction of sp³-hybridized carbons (Fsp3) is 0.0690. The van der Waals surface area contributed by atoms with Gasteiger partial charge in [0.15, 0.2) is 0 Å². The zero-order valence-corrected chi connectivity index (χ0v) is 19.5. The lowest BCUT2D eigenvalue weighted by Crippen LogP contribution is -2.17. The second-order valence-corrected chi connectivity index (χ2v) is 8.84. The average molecular weight is 541 g/mol. The molecule has 0 atom stereocenters. The van der Waals surface area contributed by atoms with E-state index in [9.17, 15) is 30.7 Å². The molecule has 1 N–H and O–H groups in total. The number of rotatable bonds is 4. The molecule has 3 nitrogen and oxygen atoms in total. The Morgan fingerprint density at radius 3 is 1.46 bits per heavy atom. The summed E-state index contributed by atoms with van der Waals surface area (Å²) in [6, 6.07) is 18.0. The smallest absolute Gasteiger partial charge is 0.406 e. The van der Waals surface area contributed by atoms with Gasteiger partial charge in [0, 0.05) is 33.1 Å². The van der Waals surface area contributed by atoms with Crippen LogP contribution >= 0.6 is 0 Å². The normalized spacial score (nSPS) is 14.9. The standard InChI is InChI=1S/C29H14F7NO2/c30-21-13-12-20-24-18(21)2-1-3-19(24)25-22(14-4-8-16(9-5-14)38-28(31,32)33)27(37)23(26(20)25)15-6-10-17(11-7-15)39-29(34,35)36/h1-13,37H. The van der Waals surface area contributed by atoms with Gasteiger partial charge in [0.05, 0.1) is 5.71 Å². The second-order valence-electron chi connectivity index (χ2n) is 8.84. The summed E-state index contributed by atoms with van der Waals surface area (Å²) in [5, 5.41) is 10.1. The molecule has 0 aliphatic heterocycles. The SMILES string of the molecule is N=C1C(c2ccc(OC(F)(F)F)cc2)=C2C(=C1c1ccc(OC(F)(F)F)cc1)c1ccc(F)c3cccc2c13. The van der Waals surface area contributed by atoms with Gasteiger partial charge in [-0.15, -0.1) is 26.3 Å². The van der Waals surface area contributed by atoms with Gasteiger partial charge in [-0.3, -0.25) is 5.41 Å². The Bertz CT molecular complexity index is 1640. The van der Waals surface area contributed by atoms with E-state index in [1.807, 2.05) is 0 Å². The quantitative estimate of drug-likeness (QED) is 0.263. The first-order chi connectivity index (χ1) is 18.4. The predicted octanol–water partition coefficient (Wildman–Crippen LogP) is 8.64. The number of alkyl halides is 6. The highest BCUT2D eigenvalue weighted by atomic mass is 19.4. The van der Waals surface area contributed by atoms with E-state index in [0.717, 1.165) is 24.3 Å². The number of nitrogens with one attached hydrogen (secondary N) is 1. The number of fused-ring (bicyclic) bond motifs is 3. The number of hydrogen-bond donors (Lipinski definition) is 1. The van der Waals surface area contributed by atoms with Crippen molar-refractivity contribution in [3.05, 3.63) is 107 Å². The summed E-state index contributed by atoms with van der Waals surface area (Å²) in [6.45, 7) is 0. The molecule has 6 rings (SSSR count). The minimum Gasteiger partial charge on any atom is -0.406 e. The van der Waals surface area contributed by atoms with Gasteiger partial charge < -0.3 is 9.47 Å². The molecule has 0 saturated carbocycles. The predicted molar refractivity (Wildman–Crippen MR) is 132 cm³/mol. The summed E-state index contributed by atoms with van der Waals surface area (Å²) < 4.78 is 98.7. The first-order valence-corrected chi connectivity index (χ1v) is 11.4. The molecule has 0 bridgehead atoms. The molecule has 4 aromatic carbocycles. The molecule has 10 heteroatoms. The molecular weight excluding hydrogens is 527 g/mol. The van der Waals surface area contributed by atoms with Crippen LogP contribution in [0.5, 0.6) is 11.5 Å². The minimum atomic E-state index is -4.87. The summed E-state index contributed by atoms with van der Waals surface area (Å²) >= 11 is 0. The van der Waals surface area contributed by atoms with Crippen molar-refractivity contribution in [2.45, 2.75) is 12.7 Å². The molecule has 0 unspecified atom stereocenters. The van der Waals surface area contributed by atoms with Crippen LogP contribution < -0.4 is 9.47 Å². The van der Waals surface area contributed by atoms with E-state index in [-0.39, 0.29) is 5.71 Å². The summed E-state index contributed by atoms with van der Waals surface area (Å²) in [5.74, 6) is -1.32. The molecule has 0 radical (unpaired) electrons. The van der Waals surface area contributed by atoms with Crippen LogP contribution in [0, 0.1) is 11.2 Å². The van der Waals surface area contributed by atoms with Crippen molar-refractivity contribution in [2.75, 3.05) is 0 Å². The largest absolute Gasteiger partial charge is 0.573 e. The third-order valence-corrected chi connectivity index (χ3v) is 6.53. The van der Waals surface area contributed by atoms with Crippen molar-refractivity contribution in [2.24, 2.45) is 0 Å².